The lowest BCUT2D eigenvalue weighted by atomic mass is 10.0. The van der Waals surface area contributed by atoms with Gasteiger partial charge in [-0.15, -0.1) is 24.0 Å². The fourth-order valence-electron chi connectivity index (χ4n) is 3.84. The Morgan fingerprint density at radius 2 is 2.03 bits per heavy atom. The normalized spacial score (nSPS) is 16.5. The van der Waals surface area contributed by atoms with Crippen LogP contribution in [0.25, 0.3) is 5.82 Å². The fraction of sp³-hybridized carbons (Fsp3) is 0.375. The number of aliphatic imine (C=N–C) groups is 1. The molecule has 0 saturated carbocycles. The molecule has 1 saturated heterocycles. The number of morpholine rings is 1. The molecule has 0 amide bonds. The Morgan fingerprint density at radius 1 is 1.19 bits per heavy atom. The van der Waals surface area contributed by atoms with Gasteiger partial charge in [0.2, 0.25) is 0 Å². The number of hydrogen-bond acceptors (Lipinski definition) is 4. The van der Waals surface area contributed by atoms with Gasteiger partial charge in [-0.3, -0.25) is 4.57 Å². The number of aryl methyl sites for hydroxylation is 2. The topological polar surface area (TPSA) is 67.6 Å². The molecule has 1 N–H and O–H groups in total. The SMILES string of the molecule is CCNC(=NCc1ccc(-n2ccnc2C)nc1)N1CCOC(c2ccccc2C)C1.I. The van der Waals surface area contributed by atoms with Crippen LogP contribution in [0.1, 0.15) is 35.5 Å². The van der Waals surface area contributed by atoms with Crippen LogP contribution in [0.2, 0.25) is 0 Å². The van der Waals surface area contributed by atoms with Gasteiger partial charge in [-0.25, -0.2) is 15.0 Å². The largest absolute Gasteiger partial charge is 0.370 e. The number of guanidine groups is 1. The quantitative estimate of drug-likeness (QED) is 0.297. The van der Waals surface area contributed by atoms with E-state index in [0.29, 0.717) is 13.2 Å². The summed E-state index contributed by atoms with van der Waals surface area (Å²) in [6, 6.07) is 12.5. The van der Waals surface area contributed by atoms with Crippen LogP contribution in [0.4, 0.5) is 0 Å². The van der Waals surface area contributed by atoms with Gasteiger partial charge in [-0.2, -0.15) is 0 Å². The van der Waals surface area contributed by atoms with Gasteiger partial charge in [0.05, 0.1) is 19.7 Å². The molecule has 1 atom stereocenters. The Hall–Kier alpha value is -2.46. The van der Waals surface area contributed by atoms with Crippen LogP contribution >= 0.6 is 24.0 Å². The highest BCUT2D eigenvalue weighted by Crippen LogP contribution is 2.25. The van der Waals surface area contributed by atoms with E-state index in [4.69, 9.17) is 9.73 Å². The van der Waals surface area contributed by atoms with E-state index in [9.17, 15) is 0 Å². The third-order valence-electron chi connectivity index (χ3n) is 5.53. The Labute approximate surface area is 207 Å². The van der Waals surface area contributed by atoms with E-state index in [1.807, 2.05) is 30.0 Å². The second kappa shape index (κ2) is 11.4. The lowest BCUT2D eigenvalue weighted by molar-refractivity contribution is -0.00834. The van der Waals surface area contributed by atoms with Crippen molar-refractivity contribution in [2.75, 3.05) is 26.2 Å². The Kier molecular flexibility index (Phi) is 8.63. The van der Waals surface area contributed by atoms with Crippen molar-refractivity contribution >= 4 is 29.9 Å². The van der Waals surface area contributed by atoms with Crippen LogP contribution in [-0.2, 0) is 11.3 Å². The summed E-state index contributed by atoms with van der Waals surface area (Å²) in [6.45, 7) is 9.89. The van der Waals surface area contributed by atoms with E-state index < -0.39 is 0 Å². The molecule has 0 aliphatic carbocycles. The number of hydrogen-bond donors (Lipinski definition) is 1. The van der Waals surface area contributed by atoms with Gasteiger partial charge >= 0.3 is 0 Å². The molecule has 4 rings (SSSR count). The summed E-state index contributed by atoms with van der Waals surface area (Å²) in [6.07, 6.45) is 5.64. The van der Waals surface area contributed by atoms with Crippen LogP contribution in [0.5, 0.6) is 0 Å². The summed E-state index contributed by atoms with van der Waals surface area (Å²) in [5.41, 5.74) is 3.58. The molecule has 1 aliphatic rings. The third kappa shape index (κ3) is 5.66. The smallest absolute Gasteiger partial charge is 0.194 e. The minimum Gasteiger partial charge on any atom is -0.370 e. The first-order valence-electron chi connectivity index (χ1n) is 10.8. The van der Waals surface area contributed by atoms with Crippen molar-refractivity contribution in [2.24, 2.45) is 4.99 Å². The van der Waals surface area contributed by atoms with E-state index in [0.717, 1.165) is 42.8 Å². The predicted octanol–water partition coefficient (Wildman–Crippen LogP) is 4.04. The van der Waals surface area contributed by atoms with Gasteiger partial charge in [-0.05, 0) is 43.5 Å². The molecule has 3 aromatic rings. The van der Waals surface area contributed by atoms with Crippen molar-refractivity contribution in [3.8, 4) is 5.82 Å². The minimum absolute atomic E-state index is 0. The van der Waals surface area contributed by atoms with Gasteiger partial charge < -0.3 is 15.0 Å². The lowest BCUT2D eigenvalue weighted by Gasteiger charge is -2.35. The molecule has 7 nitrogen and oxygen atoms in total. The molecule has 1 aromatic carbocycles. The van der Waals surface area contributed by atoms with Crippen LogP contribution in [0.15, 0.2) is 60.0 Å². The number of ether oxygens (including phenoxy) is 1. The molecular formula is C24H31IN6O. The van der Waals surface area contributed by atoms with Gasteiger partial charge in [-0.1, -0.05) is 30.3 Å². The van der Waals surface area contributed by atoms with E-state index in [1.54, 1.807) is 6.20 Å². The maximum atomic E-state index is 6.08. The molecule has 3 heterocycles. The van der Waals surface area contributed by atoms with Crippen molar-refractivity contribution in [1.82, 2.24) is 24.8 Å². The van der Waals surface area contributed by atoms with Gasteiger partial charge in [0.15, 0.2) is 5.96 Å². The summed E-state index contributed by atoms with van der Waals surface area (Å²) in [5.74, 6) is 2.70. The fourth-order valence-corrected chi connectivity index (χ4v) is 3.84. The van der Waals surface area contributed by atoms with Crippen molar-refractivity contribution in [3.05, 3.63) is 77.5 Å². The number of nitrogens with one attached hydrogen (secondary N) is 1. The Morgan fingerprint density at radius 3 is 2.72 bits per heavy atom. The zero-order valence-corrected chi connectivity index (χ0v) is 21.2. The number of rotatable bonds is 5. The molecule has 1 fully saturated rings. The summed E-state index contributed by atoms with van der Waals surface area (Å²) in [4.78, 5) is 16.0. The van der Waals surface area contributed by atoms with Crippen molar-refractivity contribution in [3.63, 3.8) is 0 Å². The number of imidazole rings is 1. The van der Waals surface area contributed by atoms with Crippen LogP contribution < -0.4 is 5.32 Å². The molecule has 170 valence electrons. The second-order valence-electron chi connectivity index (χ2n) is 7.70. The molecule has 8 heteroatoms. The van der Waals surface area contributed by atoms with Gasteiger partial charge in [0.25, 0.3) is 0 Å². The number of nitrogens with zero attached hydrogens (tertiary/aromatic N) is 5. The molecule has 1 aliphatic heterocycles. The predicted molar refractivity (Wildman–Crippen MR) is 138 cm³/mol. The van der Waals surface area contributed by atoms with Crippen molar-refractivity contribution in [1.29, 1.82) is 0 Å². The highest BCUT2D eigenvalue weighted by atomic mass is 127. The summed E-state index contributed by atoms with van der Waals surface area (Å²) in [7, 11) is 0. The number of aromatic nitrogens is 3. The maximum Gasteiger partial charge on any atom is 0.194 e. The van der Waals surface area contributed by atoms with E-state index >= 15 is 0 Å². The number of halogens is 1. The van der Waals surface area contributed by atoms with E-state index in [-0.39, 0.29) is 30.1 Å². The molecular weight excluding hydrogens is 515 g/mol. The maximum absolute atomic E-state index is 6.08. The lowest BCUT2D eigenvalue weighted by Crippen LogP contribution is -2.48. The highest BCUT2D eigenvalue weighted by Gasteiger charge is 2.25. The molecule has 0 spiro atoms. The second-order valence-corrected chi connectivity index (χ2v) is 7.70. The first kappa shape index (κ1) is 24.2. The van der Waals surface area contributed by atoms with Crippen molar-refractivity contribution < 1.29 is 4.74 Å². The molecule has 0 radical (unpaired) electrons. The monoisotopic (exact) mass is 546 g/mol. The van der Waals surface area contributed by atoms with Crippen LogP contribution in [-0.4, -0.2) is 51.6 Å². The first-order valence-corrected chi connectivity index (χ1v) is 10.8. The van der Waals surface area contributed by atoms with Crippen LogP contribution in [0.3, 0.4) is 0 Å². The zero-order valence-electron chi connectivity index (χ0n) is 18.9. The van der Waals surface area contributed by atoms with Crippen LogP contribution in [0, 0.1) is 13.8 Å². The van der Waals surface area contributed by atoms with Gasteiger partial charge in [0.1, 0.15) is 17.7 Å². The zero-order chi connectivity index (χ0) is 21.6. The number of pyridine rings is 1. The molecule has 2 aromatic heterocycles. The number of benzene rings is 1. The Bertz CT molecular complexity index is 1030. The van der Waals surface area contributed by atoms with E-state index in [1.165, 1.54) is 11.1 Å². The average molecular weight is 546 g/mol. The van der Waals surface area contributed by atoms with E-state index in [2.05, 4.69) is 64.4 Å². The Balaban J connectivity index is 0.00000289. The van der Waals surface area contributed by atoms with Gasteiger partial charge in [0, 0.05) is 31.7 Å². The summed E-state index contributed by atoms with van der Waals surface area (Å²) >= 11 is 0. The molecule has 0 bridgehead atoms. The standard InChI is InChI=1S/C24H30N6O.HI/c1-4-25-24(29-13-14-31-22(17-29)21-8-6-5-7-18(21)2)28-16-20-9-10-23(27-15-20)30-12-11-26-19(30)3;/h5-12,15,22H,4,13-14,16-17H2,1-3H3,(H,25,28);1H. The molecule has 32 heavy (non-hydrogen) atoms. The molecule has 1 unspecified atom stereocenters. The third-order valence-corrected chi connectivity index (χ3v) is 5.53. The van der Waals surface area contributed by atoms with Crippen molar-refractivity contribution in [2.45, 2.75) is 33.4 Å². The average Bonchev–Trinajstić information content (AvgIpc) is 3.23. The summed E-state index contributed by atoms with van der Waals surface area (Å²) < 4.78 is 8.05. The highest BCUT2D eigenvalue weighted by molar-refractivity contribution is 14.0. The summed E-state index contributed by atoms with van der Waals surface area (Å²) in [5, 5.41) is 3.44. The first-order chi connectivity index (χ1) is 15.2. The minimum atomic E-state index is 0.